The van der Waals surface area contributed by atoms with Crippen LogP contribution in [0.15, 0.2) is 212 Å². The Kier molecular flexibility index (Phi) is 6.74. The van der Waals surface area contributed by atoms with Gasteiger partial charge in [-0.05, 0) is 119 Å². The van der Waals surface area contributed by atoms with Crippen LogP contribution < -0.4 is 4.90 Å². The van der Waals surface area contributed by atoms with Gasteiger partial charge in [0.25, 0.3) is 0 Å². The molecule has 9 aromatic rings. The molecule has 1 heteroatoms. The Balaban J connectivity index is 1.09. The van der Waals surface area contributed by atoms with Crippen LogP contribution in [0.5, 0.6) is 0 Å². The van der Waals surface area contributed by atoms with Crippen molar-refractivity contribution in [2.75, 3.05) is 4.90 Å². The lowest BCUT2D eigenvalue weighted by molar-refractivity contribution is 0.796. The molecule has 0 bridgehead atoms. The number of fused-ring (bicyclic) bond motifs is 10. The molecule has 0 fully saturated rings. The largest absolute Gasteiger partial charge is 0.311 e. The van der Waals surface area contributed by atoms with E-state index < -0.39 is 5.41 Å². The van der Waals surface area contributed by atoms with Gasteiger partial charge in [-0.2, -0.15) is 0 Å². The first kappa shape index (κ1) is 31.4. The SMILES string of the molecule is C1=CC(c2ccccc2)CC=C1N(c1ccc(-c2ccccc2)cc1)c1ccc2c(c1)C1(c3ccccc3-2)c2cccc3c4ccccc4c4cccc1c4c23. The molecule has 1 spiro atoms. The van der Waals surface area contributed by atoms with Gasteiger partial charge in [0.1, 0.15) is 0 Å². The number of rotatable bonds is 5. The van der Waals surface area contributed by atoms with E-state index in [0.717, 1.165) is 17.8 Å². The number of nitrogens with zero attached hydrogens (tertiary/aromatic N) is 1. The summed E-state index contributed by atoms with van der Waals surface area (Å²) in [5.41, 5.74) is 15.0. The molecule has 0 radical (unpaired) electrons. The molecule has 3 aliphatic carbocycles. The van der Waals surface area contributed by atoms with Gasteiger partial charge < -0.3 is 4.90 Å². The molecule has 1 atom stereocenters. The van der Waals surface area contributed by atoms with E-state index in [4.69, 9.17) is 0 Å². The molecule has 12 rings (SSSR count). The third-order valence-corrected chi connectivity index (χ3v) is 12.8. The fourth-order valence-electron chi connectivity index (χ4n) is 10.4. The van der Waals surface area contributed by atoms with E-state index in [2.05, 4.69) is 211 Å². The maximum absolute atomic E-state index is 2.52. The number of hydrogen-bond donors (Lipinski definition) is 0. The van der Waals surface area contributed by atoms with Crippen molar-refractivity contribution in [2.45, 2.75) is 17.8 Å². The Bertz CT molecular complexity index is 3010. The summed E-state index contributed by atoms with van der Waals surface area (Å²) in [4.78, 5) is 2.47. The zero-order valence-corrected chi connectivity index (χ0v) is 30.9. The third-order valence-electron chi connectivity index (χ3n) is 12.8. The van der Waals surface area contributed by atoms with Crippen LogP contribution in [0.25, 0.3) is 54.6 Å². The van der Waals surface area contributed by atoms with Crippen LogP contribution >= 0.6 is 0 Å². The molecule has 0 saturated carbocycles. The van der Waals surface area contributed by atoms with Gasteiger partial charge in [-0.25, -0.2) is 0 Å². The second-order valence-corrected chi connectivity index (χ2v) is 15.5. The number of allylic oxidation sites excluding steroid dienone is 3. The van der Waals surface area contributed by atoms with Crippen LogP contribution in [0.2, 0.25) is 0 Å². The first-order valence-corrected chi connectivity index (χ1v) is 19.8. The summed E-state index contributed by atoms with van der Waals surface area (Å²) < 4.78 is 0. The Morgan fingerprint density at radius 1 is 0.429 bits per heavy atom. The lowest BCUT2D eigenvalue weighted by Crippen LogP contribution is -2.26. The highest BCUT2D eigenvalue weighted by atomic mass is 15.1. The van der Waals surface area contributed by atoms with Gasteiger partial charge in [0.15, 0.2) is 0 Å². The van der Waals surface area contributed by atoms with Crippen LogP contribution in [0, 0.1) is 0 Å². The predicted molar refractivity (Wildman–Crippen MR) is 235 cm³/mol. The second-order valence-electron chi connectivity index (χ2n) is 15.5. The average molecular weight is 712 g/mol. The summed E-state index contributed by atoms with van der Waals surface area (Å²) in [5, 5.41) is 8.10. The fourth-order valence-corrected chi connectivity index (χ4v) is 10.4. The average Bonchev–Trinajstić information content (AvgIpc) is 3.75. The van der Waals surface area contributed by atoms with E-state index in [9.17, 15) is 0 Å². The van der Waals surface area contributed by atoms with E-state index in [1.165, 1.54) is 88.1 Å². The van der Waals surface area contributed by atoms with Gasteiger partial charge in [-0.15, -0.1) is 0 Å². The van der Waals surface area contributed by atoms with E-state index in [-0.39, 0.29) is 0 Å². The highest BCUT2D eigenvalue weighted by molar-refractivity contribution is 6.29. The molecular weight excluding hydrogens is 675 g/mol. The minimum Gasteiger partial charge on any atom is -0.311 e. The highest BCUT2D eigenvalue weighted by Gasteiger charge is 2.51. The summed E-state index contributed by atoms with van der Waals surface area (Å²) >= 11 is 0. The maximum Gasteiger partial charge on any atom is 0.0726 e. The Labute approximate surface area is 327 Å². The molecule has 0 N–H and O–H groups in total. The van der Waals surface area contributed by atoms with Crippen molar-refractivity contribution < 1.29 is 0 Å². The van der Waals surface area contributed by atoms with E-state index in [1.54, 1.807) is 0 Å². The standard InChI is InChI=1S/C55H37N/c1-3-13-36(14-4-1)38-25-29-40(30-26-38)56(41-31-27-39(28-32-41)37-15-5-2-6-16-37)42-33-34-46-45-19-9-10-22-49(45)55(52(46)35-42)50-23-11-20-47-43-17-7-8-18-44(43)48-21-12-24-51(55)54(48)53(47)50/h1-27,29-35,39H,28H2. The number of hydrogen-bond acceptors (Lipinski definition) is 1. The van der Waals surface area contributed by atoms with E-state index >= 15 is 0 Å². The van der Waals surface area contributed by atoms with Crippen LogP contribution in [-0.2, 0) is 5.41 Å². The Morgan fingerprint density at radius 2 is 0.982 bits per heavy atom. The van der Waals surface area contributed by atoms with Gasteiger partial charge >= 0.3 is 0 Å². The lowest BCUT2D eigenvalue weighted by Gasteiger charge is -2.33. The van der Waals surface area contributed by atoms with Crippen molar-refractivity contribution in [3.63, 3.8) is 0 Å². The topological polar surface area (TPSA) is 3.24 Å². The van der Waals surface area contributed by atoms with E-state index in [0.29, 0.717) is 5.92 Å². The monoisotopic (exact) mass is 711 g/mol. The molecule has 56 heavy (non-hydrogen) atoms. The molecule has 1 nitrogen and oxygen atoms in total. The minimum absolute atomic E-state index is 0.355. The molecule has 0 heterocycles. The predicted octanol–water partition coefficient (Wildman–Crippen LogP) is 14.3. The molecule has 0 aliphatic heterocycles. The number of anilines is 2. The van der Waals surface area contributed by atoms with Crippen LogP contribution in [0.1, 0.15) is 40.2 Å². The molecule has 0 saturated heterocycles. The van der Waals surface area contributed by atoms with Crippen molar-refractivity contribution in [3.8, 4) is 22.3 Å². The Hall–Kier alpha value is -6.96. The molecule has 9 aromatic carbocycles. The minimum atomic E-state index is -0.446. The van der Waals surface area contributed by atoms with Crippen molar-refractivity contribution in [1.82, 2.24) is 0 Å². The van der Waals surface area contributed by atoms with Gasteiger partial charge in [0.2, 0.25) is 0 Å². The van der Waals surface area contributed by atoms with Crippen molar-refractivity contribution in [2.24, 2.45) is 0 Å². The molecule has 1 unspecified atom stereocenters. The molecule has 0 amide bonds. The second kappa shape index (κ2) is 12.0. The summed E-state index contributed by atoms with van der Waals surface area (Å²) in [7, 11) is 0. The number of benzene rings is 9. The summed E-state index contributed by atoms with van der Waals surface area (Å²) in [6.07, 6.45) is 8.10. The highest BCUT2D eigenvalue weighted by Crippen LogP contribution is 2.63. The maximum atomic E-state index is 2.52. The summed E-state index contributed by atoms with van der Waals surface area (Å²) in [5.74, 6) is 0.355. The summed E-state index contributed by atoms with van der Waals surface area (Å²) in [6.45, 7) is 0. The zero-order valence-electron chi connectivity index (χ0n) is 30.9. The van der Waals surface area contributed by atoms with Gasteiger partial charge in [-0.1, -0.05) is 176 Å². The molecule has 3 aliphatic rings. The van der Waals surface area contributed by atoms with Gasteiger partial charge in [0.05, 0.1) is 5.41 Å². The van der Waals surface area contributed by atoms with Crippen molar-refractivity contribution in [3.05, 3.63) is 240 Å². The normalized spacial score (nSPS) is 15.8. The first-order valence-electron chi connectivity index (χ1n) is 19.8. The van der Waals surface area contributed by atoms with Crippen LogP contribution in [0.4, 0.5) is 11.4 Å². The quantitative estimate of drug-likeness (QED) is 0.161. The van der Waals surface area contributed by atoms with Crippen molar-refractivity contribution >= 4 is 43.7 Å². The van der Waals surface area contributed by atoms with Crippen LogP contribution in [0.3, 0.4) is 0 Å². The van der Waals surface area contributed by atoms with E-state index in [1.807, 2.05) is 0 Å². The smallest absolute Gasteiger partial charge is 0.0726 e. The summed E-state index contributed by atoms with van der Waals surface area (Å²) in [6, 6.07) is 70.1. The lowest BCUT2D eigenvalue weighted by atomic mass is 9.70. The molecule has 262 valence electrons. The molecular formula is C55H37N. The van der Waals surface area contributed by atoms with Crippen LogP contribution in [-0.4, -0.2) is 0 Å². The Morgan fingerprint density at radius 3 is 1.66 bits per heavy atom. The van der Waals surface area contributed by atoms with Gasteiger partial charge in [-0.3, -0.25) is 0 Å². The zero-order chi connectivity index (χ0) is 36.8. The van der Waals surface area contributed by atoms with Gasteiger partial charge in [0, 0.05) is 23.0 Å². The molecule has 0 aromatic heterocycles. The first-order chi connectivity index (χ1) is 27.8. The third kappa shape index (κ3) is 4.31. The fraction of sp³-hybridized carbons (Fsp3) is 0.0545. The van der Waals surface area contributed by atoms with Crippen molar-refractivity contribution in [1.29, 1.82) is 0 Å².